The third-order valence-electron chi connectivity index (χ3n) is 2.43. The summed E-state index contributed by atoms with van der Waals surface area (Å²) in [5.74, 6) is -0.165. The Morgan fingerprint density at radius 1 is 1.39 bits per heavy atom. The molecule has 0 radical (unpaired) electrons. The lowest BCUT2D eigenvalue weighted by Crippen LogP contribution is -2.15. The Kier molecular flexibility index (Phi) is 4.09. The van der Waals surface area contributed by atoms with E-state index in [4.69, 9.17) is 9.84 Å². The van der Waals surface area contributed by atoms with Gasteiger partial charge in [0.05, 0.1) is 18.1 Å². The molecule has 0 spiro atoms. The van der Waals surface area contributed by atoms with Crippen molar-refractivity contribution in [2.75, 3.05) is 23.4 Å². The largest absolute Gasteiger partial charge is 0.493 e. The molecule has 1 heterocycles. The van der Waals surface area contributed by atoms with Gasteiger partial charge in [-0.05, 0) is 23.8 Å². The number of carboxylic acids is 1. The van der Waals surface area contributed by atoms with Gasteiger partial charge in [0.1, 0.15) is 5.75 Å². The number of ether oxygens (including phenoxy) is 1. The van der Waals surface area contributed by atoms with Crippen LogP contribution in [0.5, 0.6) is 5.75 Å². The van der Waals surface area contributed by atoms with Crippen molar-refractivity contribution in [3.8, 4) is 5.75 Å². The van der Waals surface area contributed by atoms with Gasteiger partial charge in [-0.25, -0.2) is 0 Å². The van der Waals surface area contributed by atoms with Gasteiger partial charge in [0.25, 0.3) is 0 Å². The second-order valence-electron chi connectivity index (χ2n) is 3.86. The minimum absolute atomic E-state index is 0.0640. The normalized spacial score (nSPS) is 12.7. The highest BCUT2D eigenvalue weighted by molar-refractivity contribution is 8.00. The monoisotopic (exact) mass is 267 g/mol. The summed E-state index contributed by atoms with van der Waals surface area (Å²) < 4.78 is 5.37. The van der Waals surface area contributed by atoms with Crippen molar-refractivity contribution < 1.29 is 19.4 Å². The lowest BCUT2D eigenvalue weighted by molar-refractivity contribution is -0.133. The summed E-state index contributed by atoms with van der Waals surface area (Å²) in [5, 5.41) is 11.2. The molecule has 1 amide bonds. The molecule has 5 nitrogen and oxygen atoms in total. The van der Waals surface area contributed by atoms with Crippen molar-refractivity contribution >= 4 is 29.3 Å². The van der Waals surface area contributed by atoms with E-state index in [2.05, 4.69) is 5.32 Å². The van der Waals surface area contributed by atoms with Crippen molar-refractivity contribution in [3.63, 3.8) is 0 Å². The van der Waals surface area contributed by atoms with E-state index in [1.807, 2.05) is 12.1 Å². The number of thioether (sulfide) groups is 1. The van der Waals surface area contributed by atoms with Gasteiger partial charge in [-0.1, -0.05) is 0 Å². The van der Waals surface area contributed by atoms with Crippen LogP contribution in [0.1, 0.15) is 5.56 Å². The second kappa shape index (κ2) is 5.77. The number of rotatable bonds is 5. The Balaban J connectivity index is 1.85. The van der Waals surface area contributed by atoms with Crippen molar-refractivity contribution in [2.24, 2.45) is 0 Å². The number of hydrogen-bond acceptors (Lipinski definition) is 4. The molecule has 2 N–H and O–H groups in total. The SMILES string of the molecule is O=C(O)CSCC(=O)Nc1ccc2c(c1)CCO2. The number of nitrogens with one attached hydrogen (secondary N) is 1. The minimum atomic E-state index is -0.914. The van der Waals surface area contributed by atoms with Gasteiger partial charge in [0.15, 0.2) is 0 Å². The number of carbonyl (C=O) groups is 2. The third-order valence-corrected chi connectivity index (χ3v) is 3.35. The van der Waals surface area contributed by atoms with Crippen molar-refractivity contribution in [2.45, 2.75) is 6.42 Å². The molecule has 0 aromatic heterocycles. The average molecular weight is 267 g/mol. The Morgan fingerprint density at radius 3 is 3.00 bits per heavy atom. The quantitative estimate of drug-likeness (QED) is 0.843. The zero-order valence-electron chi connectivity index (χ0n) is 9.64. The van der Waals surface area contributed by atoms with Crippen LogP contribution in [-0.4, -0.2) is 35.1 Å². The average Bonchev–Trinajstić information content (AvgIpc) is 2.75. The van der Waals surface area contributed by atoms with Gasteiger partial charge < -0.3 is 15.2 Å². The lowest BCUT2D eigenvalue weighted by atomic mass is 10.1. The molecule has 0 aliphatic carbocycles. The first-order valence-electron chi connectivity index (χ1n) is 5.50. The molecule has 0 atom stereocenters. The van der Waals surface area contributed by atoms with Crippen LogP contribution in [0.2, 0.25) is 0 Å². The molecular weight excluding hydrogens is 254 g/mol. The second-order valence-corrected chi connectivity index (χ2v) is 4.84. The maximum Gasteiger partial charge on any atom is 0.313 e. The van der Waals surface area contributed by atoms with Crippen LogP contribution < -0.4 is 10.1 Å². The Bertz CT molecular complexity index is 475. The Hall–Kier alpha value is -1.69. The molecule has 1 aliphatic rings. The number of hydrogen-bond donors (Lipinski definition) is 2. The van der Waals surface area contributed by atoms with Crippen LogP contribution in [0.4, 0.5) is 5.69 Å². The smallest absolute Gasteiger partial charge is 0.313 e. The van der Waals surface area contributed by atoms with Crippen molar-refractivity contribution in [3.05, 3.63) is 23.8 Å². The van der Waals surface area contributed by atoms with E-state index in [1.165, 1.54) is 0 Å². The number of benzene rings is 1. The van der Waals surface area contributed by atoms with E-state index in [0.29, 0.717) is 6.61 Å². The minimum Gasteiger partial charge on any atom is -0.493 e. The Morgan fingerprint density at radius 2 is 2.22 bits per heavy atom. The van der Waals surface area contributed by atoms with Gasteiger partial charge in [-0.2, -0.15) is 0 Å². The number of fused-ring (bicyclic) bond motifs is 1. The van der Waals surface area contributed by atoms with E-state index in [1.54, 1.807) is 6.07 Å². The van der Waals surface area contributed by atoms with E-state index in [-0.39, 0.29) is 17.4 Å². The van der Waals surface area contributed by atoms with Gasteiger partial charge in [-0.15, -0.1) is 11.8 Å². The molecule has 18 heavy (non-hydrogen) atoms. The fourth-order valence-corrected chi connectivity index (χ4v) is 2.23. The Labute approximate surface area is 109 Å². The third kappa shape index (κ3) is 3.40. The van der Waals surface area contributed by atoms with Crippen LogP contribution in [0.25, 0.3) is 0 Å². The highest BCUT2D eigenvalue weighted by atomic mass is 32.2. The summed E-state index contributed by atoms with van der Waals surface area (Å²) in [4.78, 5) is 21.8. The molecule has 1 aromatic carbocycles. The van der Waals surface area contributed by atoms with Gasteiger partial charge in [0, 0.05) is 12.1 Å². The lowest BCUT2D eigenvalue weighted by Gasteiger charge is -2.06. The zero-order valence-corrected chi connectivity index (χ0v) is 10.5. The first kappa shape index (κ1) is 12.8. The molecule has 6 heteroatoms. The van der Waals surface area contributed by atoms with E-state index in [9.17, 15) is 9.59 Å². The molecule has 0 unspecified atom stereocenters. The fourth-order valence-electron chi connectivity index (χ4n) is 1.69. The van der Waals surface area contributed by atoms with Gasteiger partial charge in [-0.3, -0.25) is 9.59 Å². The number of carboxylic acid groups (broad SMARTS) is 1. The zero-order chi connectivity index (χ0) is 13.0. The molecule has 1 aliphatic heterocycles. The highest BCUT2D eigenvalue weighted by Crippen LogP contribution is 2.27. The number of aliphatic carboxylic acids is 1. The molecule has 96 valence electrons. The standard InChI is InChI=1S/C12H13NO4S/c14-11(6-18-7-12(15)16)13-9-1-2-10-8(5-9)3-4-17-10/h1-2,5H,3-4,6-7H2,(H,13,14)(H,15,16). The predicted molar refractivity (Wildman–Crippen MR) is 69.2 cm³/mol. The summed E-state index contributed by atoms with van der Waals surface area (Å²) in [6, 6.07) is 5.51. The summed E-state index contributed by atoms with van der Waals surface area (Å²) in [6.45, 7) is 0.682. The van der Waals surface area contributed by atoms with Gasteiger partial charge >= 0.3 is 5.97 Å². The molecule has 0 fully saturated rings. The van der Waals surface area contributed by atoms with Crippen molar-refractivity contribution in [1.29, 1.82) is 0 Å². The summed E-state index contributed by atoms with van der Waals surface area (Å²) in [7, 11) is 0. The van der Waals surface area contributed by atoms with Crippen molar-refractivity contribution in [1.82, 2.24) is 0 Å². The summed E-state index contributed by atoms with van der Waals surface area (Å²) >= 11 is 1.08. The number of amides is 1. The molecule has 0 saturated heterocycles. The summed E-state index contributed by atoms with van der Waals surface area (Å²) in [6.07, 6.45) is 0.854. The maximum absolute atomic E-state index is 11.5. The number of carbonyl (C=O) groups excluding carboxylic acids is 1. The molecule has 2 rings (SSSR count). The molecule has 0 saturated carbocycles. The van der Waals surface area contributed by atoms with E-state index < -0.39 is 5.97 Å². The van der Waals surface area contributed by atoms with Gasteiger partial charge in [0.2, 0.25) is 5.91 Å². The predicted octanol–water partition coefficient (Wildman–Crippen LogP) is 1.38. The number of anilines is 1. The van der Waals surface area contributed by atoms with Crippen LogP contribution in [0.15, 0.2) is 18.2 Å². The van der Waals surface area contributed by atoms with Crippen LogP contribution in [0.3, 0.4) is 0 Å². The first-order chi connectivity index (χ1) is 8.65. The summed E-state index contributed by atoms with van der Waals surface area (Å²) in [5.41, 5.74) is 1.81. The van der Waals surface area contributed by atoms with Crippen LogP contribution in [0, 0.1) is 0 Å². The molecule has 0 bridgehead atoms. The van der Waals surface area contributed by atoms with Crippen LogP contribution in [-0.2, 0) is 16.0 Å². The topological polar surface area (TPSA) is 75.6 Å². The maximum atomic E-state index is 11.5. The van der Waals surface area contributed by atoms with Crippen LogP contribution >= 0.6 is 11.8 Å². The highest BCUT2D eigenvalue weighted by Gasteiger charge is 2.13. The van der Waals surface area contributed by atoms with E-state index >= 15 is 0 Å². The fraction of sp³-hybridized carbons (Fsp3) is 0.333. The molecular formula is C12H13NO4S. The van der Waals surface area contributed by atoms with E-state index in [0.717, 1.165) is 35.2 Å². The molecule has 1 aromatic rings. The first-order valence-corrected chi connectivity index (χ1v) is 6.66.